The third kappa shape index (κ3) is 2.56. The van der Waals surface area contributed by atoms with Crippen molar-refractivity contribution in [1.29, 1.82) is 0 Å². The summed E-state index contributed by atoms with van der Waals surface area (Å²) in [4.78, 5) is 1.47. The number of rotatable bonds is 5. The Balaban J connectivity index is 1.56. The van der Waals surface area contributed by atoms with Crippen molar-refractivity contribution < 1.29 is 4.74 Å². The molecule has 0 atom stereocenters. The molecule has 1 aliphatic carbocycles. The van der Waals surface area contributed by atoms with Crippen molar-refractivity contribution >= 4 is 11.3 Å². The largest absolute Gasteiger partial charge is 0.381 e. The molecule has 78 valence electrons. The fraction of sp³-hybridized carbons (Fsp3) is 0.636. The second kappa shape index (κ2) is 4.91. The zero-order valence-corrected chi connectivity index (χ0v) is 9.35. The van der Waals surface area contributed by atoms with Crippen molar-refractivity contribution in [3.8, 4) is 0 Å². The molecule has 1 aromatic heterocycles. The highest BCUT2D eigenvalue weighted by Gasteiger charge is 2.27. The molecule has 2 rings (SSSR count). The molecular weight excluding hydrogens is 194 g/mol. The van der Waals surface area contributed by atoms with E-state index in [0.29, 0.717) is 12.1 Å². The lowest BCUT2D eigenvalue weighted by molar-refractivity contribution is 0.0177. The summed E-state index contributed by atoms with van der Waals surface area (Å²) in [5, 5.41) is 5.69. The molecule has 1 saturated carbocycles. The zero-order chi connectivity index (χ0) is 9.80. The van der Waals surface area contributed by atoms with Crippen molar-refractivity contribution in [2.45, 2.75) is 31.4 Å². The van der Waals surface area contributed by atoms with Gasteiger partial charge in [-0.3, -0.25) is 0 Å². The van der Waals surface area contributed by atoms with Crippen molar-refractivity contribution in [1.82, 2.24) is 5.32 Å². The first kappa shape index (κ1) is 10.1. The molecule has 0 bridgehead atoms. The van der Waals surface area contributed by atoms with Crippen LogP contribution in [-0.4, -0.2) is 25.8 Å². The van der Waals surface area contributed by atoms with Gasteiger partial charge in [0.05, 0.1) is 6.10 Å². The Kier molecular flexibility index (Phi) is 3.56. The third-order valence-electron chi connectivity index (χ3n) is 2.81. The molecule has 2 nitrogen and oxygen atoms in total. The van der Waals surface area contributed by atoms with Gasteiger partial charge in [0.25, 0.3) is 0 Å². The summed E-state index contributed by atoms with van der Waals surface area (Å²) < 4.78 is 5.23. The van der Waals surface area contributed by atoms with Crippen LogP contribution in [-0.2, 0) is 11.2 Å². The smallest absolute Gasteiger partial charge is 0.0601 e. The number of ether oxygens (including phenoxy) is 1. The number of hydrogen-bond donors (Lipinski definition) is 1. The summed E-state index contributed by atoms with van der Waals surface area (Å²) in [6, 6.07) is 5.01. The van der Waals surface area contributed by atoms with E-state index in [1.807, 2.05) is 11.3 Å². The maximum atomic E-state index is 5.23. The SMILES string of the molecule is COC1CC(NCCc2cccs2)C1. The molecule has 0 unspecified atom stereocenters. The van der Waals surface area contributed by atoms with Crippen LogP contribution in [0.4, 0.5) is 0 Å². The predicted molar refractivity (Wildman–Crippen MR) is 59.8 cm³/mol. The third-order valence-corrected chi connectivity index (χ3v) is 3.75. The van der Waals surface area contributed by atoms with Gasteiger partial charge in [-0.05, 0) is 30.7 Å². The highest BCUT2D eigenvalue weighted by atomic mass is 32.1. The Morgan fingerprint density at radius 1 is 1.57 bits per heavy atom. The van der Waals surface area contributed by atoms with Crippen LogP contribution in [0.5, 0.6) is 0 Å². The minimum absolute atomic E-state index is 0.509. The number of hydrogen-bond acceptors (Lipinski definition) is 3. The fourth-order valence-corrected chi connectivity index (χ4v) is 2.49. The standard InChI is InChI=1S/C11H17NOS/c1-13-10-7-9(8-10)12-5-4-11-3-2-6-14-11/h2-3,6,9-10,12H,4-5,7-8H2,1H3. The van der Waals surface area contributed by atoms with E-state index in [2.05, 4.69) is 22.8 Å². The summed E-state index contributed by atoms with van der Waals surface area (Å²) >= 11 is 1.84. The Hall–Kier alpha value is -0.380. The first-order valence-corrected chi connectivity index (χ1v) is 6.05. The Morgan fingerprint density at radius 2 is 2.43 bits per heavy atom. The Morgan fingerprint density at radius 3 is 3.07 bits per heavy atom. The van der Waals surface area contributed by atoms with Gasteiger partial charge in [-0.25, -0.2) is 0 Å². The molecule has 1 aromatic rings. The predicted octanol–water partition coefficient (Wildman–Crippen LogP) is 2.06. The summed E-state index contributed by atoms with van der Waals surface area (Å²) in [6.07, 6.45) is 4.03. The van der Waals surface area contributed by atoms with Crippen LogP contribution in [0.2, 0.25) is 0 Å². The quantitative estimate of drug-likeness (QED) is 0.805. The van der Waals surface area contributed by atoms with Gasteiger partial charge in [0, 0.05) is 24.6 Å². The van der Waals surface area contributed by atoms with Gasteiger partial charge in [-0.2, -0.15) is 0 Å². The molecule has 1 heterocycles. The summed E-state index contributed by atoms with van der Waals surface area (Å²) in [6.45, 7) is 1.10. The van der Waals surface area contributed by atoms with Gasteiger partial charge in [-0.1, -0.05) is 6.07 Å². The van der Waals surface area contributed by atoms with Gasteiger partial charge >= 0.3 is 0 Å². The van der Waals surface area contributed by atoms with Crippen molar-refractivity contribution in [3.63, 3.8) is 0 Å². The highest BCUT2D eigenvalue weighted by molar-refractivity contribution is 7.09. The van der Waals surface area contributed by atoms with Crippen LogP contribution in [0.25, 0.3) is 0 Å². The Bertz CT molecular complexity index is 254. The monoisotopic (exact) mass is 211 g/mol. The molecule has 14 heavy (non-hydrogen) atoms. The molecular formula is C11H17NOS. The lowest BCUT2D eigenvalue weighted by atomic mass is 9.89. The highest BCUT2D eigenvalue weighted by Crippen LogP contribution is 2.22. The molecule has 0 saturated heterocycles. The topological polar surface area (TPSA) is 21.3 Å². The van der Waals surface area contributed by atoms with Gasteiger partial charge in [0.2, 0.25) is 0 Å². The second-order valence-electron chi connectivity index (χ2n) is 3.81. The van der Waals surface area contributed by atoms with Crippen LogP contribution >= 0.6 is 11.3 Å². The van der Waals surface area contributed by atoms with Gasteiger partial charge in [-0.15, -0.1) is 11.3 Å². The lowest BCUT2D eigenvalue weighted by Gasteiger charge is -2.34. The lowest BCUT2D eigenvalue weighted by Crippen LogP contribution is -2.45. The molecule has 3 heteroatoms. The van der Waals surface area contributed by atoms with Crippen LogP contribution < -0.4 is 5.32 Å². The fourth-order valence-electron chi connectivity index (χ4n) is 1.78. The molecule has 1 aliphatic rings. The maximum Gasteiger partial charge on any atom is 0.0601 e. The molecule has 0 aromatic carbocycles. The normalized spacial score (nSPS) is 26.1. The van der Waals surface area contributed by atoms with Crippen LogP contribution in [0.3, 0.4) is 0 Å². The molecule has 0 amide bonds. The first-order valence-electron chi connectivity index (χ1n) is 5.17. The van der Waals surface area contributed by atoms with Crippen molar-refractivity contribution in [3.05, 3.63) is 22.4 Å². The minimum Gasteiger partial charge on any atom is -0.381 e. The summed E-state index contributed by atoms with van der Waals surface area (Å²) in [7, 11) is 1.80. The molecule has 1 N–H and O–H groups in total. The van der Waals surface area contributed by atoms with E-state index >= 15 is 0 Å². The molecule has 1 fully saturated rings. The van der Waals surface area contributed by atoms with Gasteiger partial charge in [0.15, 0.2) is 0 Å². The number of methoxy groups -OCH3 is 1. The maximum absolute atomic E-state index is 5.23. The van der Waals surface area contributed by atoms with E-state index in [9.17, 15) is 0 Å². The van der Waals surface area contributed by atoms with E-state index in [1.165, 1.54) is 17.7 Å². The van der Waals surface area contributed by atoms with E-state index < -0.39 is 0 Å². The van der Waals surface area contributed by atoms with E-state index in [1.54, 1.807) is 7.11 Å². The molecule has 0 spiro atoms. The van der Waals surface area contributed by atoms with Gasteiger partial charge in [0.1, 0.15) is 0 Å². The number of thiophene rings is 1. The summed E-state index contributed by atoms with van der Waals surface area (Å²) in [5.41, 5.74) is 0. The zero-order valence-electron chi connectivity index (χ0n) is 8.53. The minimum atomic E-state index is 0.509. The van der Waals surface area contributed by atoms with Crippen LogP contribution in [0, 0.1) is 0 Å². The van der Waals surface area contributed by atoms with Crippen molar-refractivity contribution in [2.24, 2.45) is 0 Å². The second-order valence-corrected chi connectivity index (χ2v) is 4.84. The molecule has 0 aliphatic heterocycles. The van der Waals surface area contributed by atoms with Crippen LogP contribution in [0.1, 0.15) is 17.7 Å². The van der Waals surface area contributed by atoms with E-state index in [0.717, 1.165) is 13.0 Å². The summed E-state index contributed by atoms with van der Waals surface area (Å²) in [5.74, 6) is 0. The van der Waals surface area contributed by atoms with E-state index in [4.69, 9.17) is 4.74 Å². The first-order chi connectivity index (χ1) is 6.88. The molecule has 0 radical (unpaired) electrons. The average molecular weight is 211 g/mol. The van der Waals surface area contributed by atoms with Crippen LogP contribution in [0.15, 0.2) is 17.5 Å². The van der Waals surface area contributed by atoms with Gasteiger partial charge < -0.3 is 10.1 Å². The average Bonchev–Trinajstić information content (AvgIpc) is 2.61. The Labute approximate surface area is 89.3 Å². The van der Waals surface area contributed by atoms with E-state index in [-0.39, 0.29) is 0 Å². The van der Waals surface area contributed by atoms with Crippen molar-refractivity contribution in [2.75, 3.05) is 13.7 Å². The number of nitrogens with one attached hydrogen (secondary N) is 1.